The van der Waals surface area contributed by atoms with Crippen LogP contribution >= 0.6 is 0 Å². The van der Waals surface area contributed by atoms with Gasteiger partial charge in [-0.05, 0) is 60.5 Å². The molecule has 0 aliphatic rings. The van der Waals surface area contributed by atoms with Crippen molar-refractivity contribution >= 4 is 53.2 Å². The van der Waals surface area contributed by atoms with Crippen LogP contribution in [-0.2, 0) is 33.0 Å². The molecule has 5 rings (SSSR count). The maximum Gasteiger partial charge on any atom is 0.264 e. The van der Waals surface area contributed by atoms with Gasteiger partial charge in [0.15, 0.2) is 0 Å². The highest BCUT2D eigenvalue weighted by atomic mass is 32.2. The van der Waals surface area contributed by atoms with E-state index < -0.39 is 26.2 Å². The van der Waals surface area contributed by atoms with Crippen LogP contribution in [0.2, 0.25) is 0 Å². The van der Waals surface area contributed by atoms with Gasteiger partial charge in [0.25, 0.3) is 10.0 Å². The van der Waals surface area contributed by atoms with Gasteiger partial charge in [-0.2, -0.15) is 0 Å². The van der Waals surface area contributed by atoms with Crippen molar-refractivity contribution in [2.45, 2.75) is 30.9 Å². The summed E-state index contributed by atoms with van der Waals surface area (Å²) in [6, 6.07) is 28.8. The van der Waals surface area contributed by atoms with Crippen molar-refractivity contribution in [1.82, 2.24) is 4.57 Å². The Morgan fingerprint density at radius 2 is 1.27 bits per heavy atom. The molecule has 0 aliphatic carbocycles. The lowest BCUT2D eigenvalue weighted by Gasteiger charge is -2.26. The number of sulfonamides is 2. The van der Waals surface area contributed by atoms with Gasteiger partial charge in [0.2, 0.25) is 10.0 Å². The van der Waals surface area contributed by atoms with E-state index in [2.05, 4.69) is 0 Å². The van der Waals surface area contributed by atoms with Crippen LogP contribution in [0.3, 0.4) is 0 Å². The maximum absolute atomic E-state index is 13.2. The van der Waals surface area contributed by atoms with E-state index in [-0.39, 0.29) is 18.0 Å². The van der Waals surface area contributed by atoms with Gasteiger partial charge in [0.1, 0.15) is 0 Å². The quantitative estimate of drug-likeness (QED) is 0.246. The van der Waals surface area contributed by atoms with E-state index in [1.807, 2.05) is 60.0 Å². The first kappa shape index (κ1) is 28.7. The number of benzene rings is 4. The van der Waals surface area contributed by atoms with Gasteiger partial charge in [-0.25, -0.2) is 16.8 Å². The summed E-state index contributed by atoms with van der Waals surface area (Å²) < 4.78 is 56.3. The molecule has 4 aromatic carbocycles. The van der Waals surface area contributed by atoms with E-state index in [0.717, 1.165) is 44.4 Å². The summed E-state index contributed by atoms with van der Waals surface area (Å²) in [4.78, 5) is 0.173. The van der Waals surface area contributed by atoms with Gasteiger partial charge in [0, 0.05) is 28.9 Å². The molecule has 1 unspecified atom stereocenters. The Balaban J connectivity index is 1.39. The zero-order chi connectivity index (χ0) is 29.4. The lowest BCUT2D eigenvalue weighted by atomic mass is 10.2. The number of nitrogens with zero attached hydrogens (tertiary/aromatic N) is 3. The summed E-state index contributed by atoms with van der Waals surface area (Å²) in [5.41, 5.74) is 3.66. The molecule has 0 saturated carbocycles. The number of para-hydroxylation sites is 2. The van der Waals surface area contributed by atoms with Crippen LogP contribution in [0.25, 0.3) is 21.8 Å². The molecule has 8 nitrogen and oxygen atoms in total. The van der Waals surface area contributed by atoms with Gasteiger partial charge in [-0.3, -0.25) is 8.61 Å². The van der Waals surface area contributed by atoms with Crippen LogP contribution in [0.4, 0.5) is 11.4 Å². The molecule has 214 valence electrons. The molecule has 10 heteroatoms. The molecule has 1 atom stereocenters. The second kappa shape index (κ2) is 11.2. The molecule has 0 bridgehead atoms. The molecule has 1 heterocycles. The highest BCUT2D eigenvalue weighted by molar-refractivity contribution is 7.93. The van der Waals surface area contributed by atoms with Crippen LogP contribution in [0, 0.1) is 0 Å². The minimum absolute atomic E-state index is 0.170. The summed E-state index contributed by atoms with van der Waals surface area (Å²) in [6.07, 6.45) is 0.879. The summed E-state index contributed by atoms with van der Waals surface area (Å²) in [5.74, 6) is 0. The fourth-order valence-electron chi connectivity index (χ4n) is 5.12. The predicted octanol–water partition coefficient (Wildman–Crippen LogP) is 5.01. The van der Waals surface area contributed by atoms with E-state index in [1.54, 1.807) is 48.5 Å². The second-order valence-electron chi connectivity index (χ2n) is 10.1. The van der Waals surface area contributed by atoms with Gasteiger partial charge >= 0.3 is 0 Å². The third-order valence-corrected chi connectivity index (χ3v) is 10.3. The van der Waals surface area contributed by atoms with Crippen LogP contribution in [-0.4, -0.2) is 52.5 Å². The fraction of sp³-hybridized carbons (Fsp3) is 0.226. The number of fused-ring (bicyclic) bond motifs is 3. The molecule has 0 fully saturated rings. The molecule has 5 aromatic rings. The van der Waals surface area contributed by atoms with E-state index in [1.165, 1.54) is 11.4 Å². The standard InChI is InChI=1S/C31H33N3O5S2/c1-4-23-13-19-27(20-14-23)41(38,39)32(2)24-15-17-25(18-16-24)34(40(3,36)37)22-26(35)21-33-30-11-7-5-9-28(30)29-10-6-8-12-31(29)33/h5-20,26,35H,4,21-22H2,1-3H3. The van der Waals surface area contributed by atoms with Gasteiger partial charge in [0.05, 0.1) is 41.7 Å². The molecule has 0 spiro atoms. The van der Waals surface area contributed by atoms with Gasteiger partial charge in [-0.15, -0.1) is 0 Å². The average Bonchev–Trinajstić information content (AvgIpc) is 3.28. The lowest BCUT2D eigenvalue weighted by molar-refractivity contribution is 0.166. The van der Waals surface area contributed by atoms with E-state index in [9.17, 15) is 21.9 Å². The zero-order valence-electron chi connectivity index (χ0n) is 23.2. The van der Waals surface area contributed by atoms with Crippen molar-refractivity contribution in [3.8, 4) is 0 Å². The van der Waals surface area contributed by atoms with E-state index in [4.69, 9.17) is 0 Å². The molecule has 0 amide bonds. The number of hydrogen-bond donors (Lipinski definition) is 1. The van der Waals surface area contributed by atoms with Gasteiger partial charge in [-0.1, -0.05) is 55.5 Å². The van der Waals surface area contributed by atoms with Crippen LogP contribution in [0.15, 0.2) is 102 Å². The van der Waals surface area contributed by atoms with E-state index in [0.29, 0.717) is 11.4 Å². The van der Waals surface area contributed by atoms with Crippen molar-refractivity contribution in [2.75, 3.05) is 28.5 Å². The SMILES string of the molecule is CCc1ccc(S(=O)(=O)N(C)c2ccc(N(CC(O)Cn3c4ccccc4c4ccccc43)S(C)(=O)=O)cc2)cc1. The lowest BCUT2D eigenvalue weighted by Crippen LogP contribution is -2.38. The number of hydrogen-bond acceptors (Lipinski definition) is 5. The van der Waals surface area contributed by atoms with Gasteiger partial charge < -0.3 is 9.67 Å². The number of aliphatic hydroxyl groups excluding tert-OH is 1. The molecular weight excluding hydrogens is 558 g/mol. The molecule has 41 heavy (non-hydrogen) atoms. The normalized spacial score (nSPS) is 13.0. The molecule has 1 aromatic heterocycles. The Bertz CT molecular complexity index is 1850. The van der Waals surface area contributed by atoms with Crippen LogP contribution in [0.5, 0.6) is 0 Å². The van der Waals surface area contributed by atoms with Crippen LogP contribution in [0.1, 0.15) is 12.5 Å². The summed E-state index contributed by atoms with van der Waals surface area (Å²) in [5, 5.41) is 13.3. The number of anilines is 2. The van der Waals surface area contributed by atoms with Crippen molar-refractivity contribution in [3.05, 3.63) is 103 Å². The second-order valence-corrected chi connectivity index (χ2v) is 14.0. The Kier molecular flexibility index (Phi) is 7.83. The average molecular weight is 592 g/mol. The molecular formula is C31H33N3O5S2. The summed E-state index contributed by atoms with van der Waals surface area (Å²) in [6.45, 7) is 2.02. The minimum atomic E-state index is -3.80. The molecule has 0 radical (unpaired) electrons. The molecule has 0 saturated heterocycles. The minimum Gasteiger partial charge on any atom is -0.389 e. The Labute approximate surface area is 241 Å². The highest BCUT2D eigenvalue weighted by Gasteiger charge is 2.25. The Hall–Kier alpha value is -3.86. The monoisotopic (exact) mass is 591 g/mol. The Morgan fingerprint density at radius 3 is 1.78 bits per heavy atom. The van der Waals surface area contributed by atoms with Crippen molar-refractivity contribution in [3.63, 3.8) is 0 Å². The van der Waals surface area contributed by atoms with Crippen molar-refractivity contribution in [2.24, 2.45) is 0 Å². The first-order valence-electron chi connectivity index (χ1n) is 13.3. The third kappa shape index (κ3) is 5.68. The first-order valence-corrected chi connectivity index (χ1v) is 16.6. The van der Waals surface area contributed by atoms with Crippen LogP contribution < -0.4 is 8.61 Å². The maximum atomic E-state index is 13.2. The summed E-state index contributed by atoms with van der Waals surface area (Å²) >= 11 is 0. The van der Waals surface area contributed by atoms with E-state index >= 15 is 0 Å². The van der Waals surface area contributed by atoms with Crippen molar-refractivity contribution in [1.29, 1.82) is 0 Å². The fourth-order valence-corrected chi connectivity index (χ4v) is 7.26. The molecule has 1 N–H and O–H groups in total. The number of aromatic nitrogens is 1. The Morgan fingerprint density at radius 1 is 0.756 bits per heavy atom. The summed E-state index contributed by atoms with van der Waals surface area (Å²) in [7, 11) is -6.10. The number of rotatable bonds is 10. The third-order valence-electron chi connectivity index (χ3n) is 7.34. The number of aryl methyl sites for hydroxylation is 1. The predicted molar refractivity (Wildman–Crippen MR) is 165 cm³/mol. The smallest absolute Gasteiger partial charge is 0.264 e. The highest BCUT2D eigenvalue weighted by Crippen LogP contribution is 2.30. The topological polar surface area (TPSA) is 99.9 Å². The zero-order valence-corrected chi connectivity index (χ0v) is 24.8. The number of aliphatic hydroxyl groups is 1. The van der Waals surface area contributed by atoms with Crippen molar-refractivity contribution < 1.29 is 21.9 Å². The largest absolute Gasteiger partial charge is 0.389 e. The first-order chi connectivity index (χ1) is 19.5. The molecule has 0 aliphatic heterocycles.